The van der Waals surface area contributed by atoms with Crippen molar-refractivity contribution >= 4 is 22.1 Å². The van der Waals surface area contributed by atoms with Crippen molar-refractivity contribution in [2.75, 3.05) is 0 Å². The zero-order valence-corrected chi connectivity index (χ0v) is 11.3. The fraction of sp³-hybridized carbons (Fsp3) is 0. The van der Waals surface area contributed by atoms with Crippen LogP contribution in [0.5, 0.6) is 5.75 Å². The van der Waals surface area contributed by atoms with Crippen LogP contribution in [0.4, 0.5) is 5.69 Å². The quantitative estimate of drug-likeness (QED) is 0.363. The topological polar surface area (TPSA) is 104 Å². The minimum Gasteiger partial charge on any atom is -0.379 e. The van der Waals surface area contributed by atoms with Crippen LogP contribution in [0.2, 0.25) is 0 Å². The second-order valence-corrected chi connectivity index (χ2v) is 5.46. The molecular weight excluding hydrogens is 298 g/mol. The van der Waals surface area contributed by atoms with Crippen LogP contribution in [0.3, 0.4) is 0 Å². The second kappa shape index (κ2) is 5.71. The molecule has 0 aromatic heterocycles. The van der Waals surface area contributed by atoms with Gasteiger partial charge in [0.1, 0.15) is 10.6 Å². The van der Waals surface area contributed by atoms with Gasteiger partial charge >= 0.3 is 10.1 Å². The zero-order chi connectivity index (χ0) is 15.5. The number of carbonyl (C=O) groups is 1. The van der Waals surface area contributed by atoms with Gasteiger partial charge in [0.05, 0.1) is 4.92 Å². The number of carbonyl (C=O) groups excluding carboxylic acids is 1. The van der Waals surface area contributed by atoms with Crippen molar-refractivity contribution in [3.63, 3.8) is 0 Å². The normalized spacial score (nSPS) is 10.9. The summed E-state index contributed by atoms with van der Waals surface area (Å²) in [6, 6.07) is 10.6. The van der Waals surface area contributed by atoms with E-state index in [4.69, 9.17) is 4.18 Å². The van der Waals surface area contributed by atoms with Crippen LogP contribution in [0.25, 0.3) is 0 Å². The van der Waals surface area contributed by atoms with Gasteiger partial charge in [0.2, 0.25) is 0 Å². The van der Waals surface area contributed by atoms with E-state index in [1.54, 1.807) is 18.2 Å². The number of aldehydes is 1. The maximum Gasteiger partial charge on any atom is 0.339 e. The highest BCUT2D eigenvalue weighted by Gasteiger charge is 2.23. The molecule has 108 valence electrons. The molecule has 0 aliphatic rings. The Labute approximate surface area is 120 Å². The average Bonchev–Trinajstić information content (AvgIpc) is 2.47. The Kier molecular flexibility index (Phi) is 3.99. The van der Waals surface area contributed by atoms with Gasteiger partial charge in [-0.3, -0.25) is 14.9 Å². The third-order valence-electron chi connectivity index (χ3n) is 2.55. The number of non-ortho nitro benzene ring substituents is 1. The number of rotatable bonds is 5. The summed E-state index contributed by atoms with van der Waals surface area (Å²) in [7, 11) is -4.25. The smallest absolute Gasteiger partial charge is 0.339 e. The predicted octanol–water partition coefficient (Wildman–Crippen LogP) is 2.17. The van der Waals surface area contributed by atoms with Gasteiger partial charge in [-0.15, -0.1) is 0 Å². The maximum atomic E-state index is 12.1. The first-order valence-corrected chi connectivity index (χ1v) is 7.08. The third kappa shape index (κ3) is 3.23. The van der Waals surface area contributed by atoms with Gasteiger partial charge in [-0.2, -0.15) is 8.42 Å². The molecule has 0 fully saturated rings. The molecule has 2 aromatic carbocycles. The van der Waals surface area contributed by atoms with Crippen molar-refractivity contribution in [2.45, 2.75) is 4.90 Å². The summed E-state index contributed by atoms with van der Waals surface area (Å²) in [4.78, 5) is 20.4. The maximum absolute atomic E-state index is 12.1. The molecule has 0 amide bonds. The minimum absolute atomic E-state index is 0.0766. The Hall–Kier alpha value is -2.74. The first-order chi connectivity index (χ1) is 9.94. The molecule has 0 aliphatic carbocycles. The number of hydrogen-bond donors (Lipinski definition) is 0. The van der Waals surface area contributed by atoms with Crippen molar-refractivity contribution in [1.29, 1.82) is 0 Å². The van der Waals surface area contributed by atoms with E-state index in [1.807, 2.05) is 0 Å². The third-order valence-corrected chi connectivity index (χ3v) is 3.87. The molecule has 0 N–H and O–H groups in total. The van der Waals surface area contributed by atoms with E-state index in [1.165, 1.54) is 12.1 Å². The number of nitro benzene ring substituents is 1. The van der Waals surface area contributed by atoms with Crippen molar-refractivity contribution in [2.24, 2.45) is 0 Å². The largest absolute Gasteiger partial charge is 0.379 e. The molecule has 8 heteroatoms. The van der Waals surface area contributed by atoms with Crippen LogP contribution in [0, 0.1) is 10.1 Å². The van der Waals surface area contributed by atoms with Crippen LogP contribution >= 0.6 is 0 Å². The molecule has 2 rings (SSSR count). The lowest BCUT2D eigenvalue weighted by Crippen LogP contribution is -2.12. The summed E-state index contributed by atoms with van der Waals surface area (Å²) in [5, 5.41) is 10.6. The SMILES string of the molecule is O=Cc1cc([N+](=O)[O-])ccc1S(=O)(=O)Oc1ccccc1. The summed E-state index contributed by atoms with van der Waals surface area (Å²) in [5.41, 5.74) is -0.712. The van der Waals surface area contributed by atoms with Gasteiger partial charge in [0, 0.05) is 17.7 Å². The molecule has 0 unspecified atom stereocenters. The molecule has 0 saturated heterocycles. The molecule has 0 heterocycles. The van der Waals surface area contributed by atoms with Crippen molar-refractivity contribution in [3.05, 3.63) is 64.2 Å². The Bertz CT molecular complexity index is 786. The van der Waals surface area contributed by atoms with E-state index >= 15 is 0 Å². The molecule has 7 nitrogen and oxygen atoms in total. The van der Waals surface area contributed by atoms with Gasteiger partial charge in [-0.25, -0.2) is 0 Å². The second-order valence-electron chi connectivity index (χ2n) is 3.95. The lowest BCUT2D eigenvalue weighted by molar-refractivity contribution is -0.384. The van der Waals surface area contributed by atoms with E-state index in [0.717, 1.165) is 18.2 Å². The zero-order valence-electron chi connectivity index (χ0n) is 10.5. The van der Waals surface area contributed by atoms with Crippen molar-refractivity contribution in [1.82, 2.24) is 0 Å². The van der Waals surface area contributed by atoms with E-state index < -0.39 is 19.9 Å². The number of benzene rings is 2. The number of nitrogens with zero attached hydrogens (tertiary/aromatic N) is 1. The standard InChI is InChI=1S/C13H9NO6S/c15-9-10-8-11(14(16)17)6-7-13(10)21(18,19)20-12-4-2-1-3-5-12/h1-9H. The highest BCUT2D eigenvalue weighted by atomic mass is 32.2. The monoisotopic (exact) mass is 307 g/mol. The van der Waals surface area contributed by atoms with Gasteiger partial charge in [-0.1, -0.05) is 18.2 Å². The number of nitro groups is 1. The van der Waals surface area contributed by atoms with Crippen LogP contribution < -0.4 is 4.18 Å². The Morgan fingerprint density at radius 3 is 2.33 bits per heavy atom. The molecule has 0 saturated carbocycles. The highest BCUT2D eigenvalue weighted by Crippen LogP contribution is 2.24. The van der Waals surface area contributed by atoms with Crippen LogP contribution in [-0.4, -0.2) is 19.6 Å². The summed E-state index contributed by atoms with van der Waals surface area (Å²) in [5.74, 6) is 0.0766. The molecule has 0 atom stereocenters. The highest BCUT2D eigenvalue weighted by molar-refractivity contribution is 7.87. The lowest BCUT2D eigenvalue weighted by Gasteiger charge is -2.08. The van der Waals surface area contributed by atoms with E-state index in [-0.39, 0.29) is 23.3 Å². The summed E-state index contributed by atoms with van der Waals surface area (Å²) >= 11 is 0. The number of para-hydroxylation sites is 1. The van der Waals surface area contributed by atoms with Crippen LogP contribution in [-0.2, 0) is 10.1 Å². The van der Waals surface area contributed by atoms with Gasteiger partial charge < -0.3 is 4.18 Å². The number of hydrogen-bond acceptors (Lipinski definition) is 6. The molecule has 21 heavy (non-hydrogen) atoms. The van der Waals surface area contributed by atoms with Crippen LogP contribution in [0.1, 0.15) is 10.4 Å². The van der Waals surface area contributed by atoms with Gasteiger partial charge in [0.15, 0.2) is 6.29 Å². The van der Waals surface area contributed by atoms with E-state index in [0.29, 0.717) is 0 Å². The average molecular weight is 307 g/mol. The Morgan fingerprint density at radius 1 is 1.10 bits per heavy atom. The first-order valence-electron chi connectivity index (χ1n) is 5.67. The van der Waals surface area contributed by atoms with E-state index in [9.17, 15) is 23.3 Å². The Balaban J connectivity index is 2.45. The lowest BCUT2D eigenvalue weighted by atomic mass is 10.2. The minimum atomic E-state index is -4.25. The van der Waals surface area contributed by atoms with E-state index in [2.05, 4.69) is 0 Å². The van der Waals surface area contributed by atoms with Gasteiger partial charge in [0.25, 0.3) is 5.69 Å². The Morgan fingerprint density at radius 2 is 1.76 bits per heavy atom. The predicted molar refractivity (Wildman–Crippen MR) is 72.7 cm³/mol. The molecular formula is C13H9NO6S. The van der Waals surface area contributed by atoms with Gasteiger partial charge in [-0.05, 0) is 18.2 Å². The molecule has 0 bridgehead atoms. The molecule has 0 radical (unpaired) electrons. The van der Waals surface area contributed by atoms with Crippen molar-refractivity contribution < 1.29 is 22.3 Å². The molecule has 0 spiro atoms. The molecule has 2 aromatic rings. The first kappa shape index (κ1) is 14.7. The summed E-state index contributed by atoms with van der Waals surface area (Å²) < 4.78 is 29.1. The molecule has 0 aliphatic heterocycles. The van der Waals surface area contributed by atoms with Crippen molar-refractivity contribution in [3.8, 4) is 5.75 Å². The fourth-order valence-corrected chi connectivity index (χ4v) is 2.70. The fourth-order valence-electron chi connectivity index (χ4n) is 1.62. The summed E-state index contributed by atoms with van der Waals surface area (Å²) in [6.07, 6.45) is 0.230. The summed E-state index contributed by atoms with van der Waals surface area (Å²) in [6.45, 7) is 0. The van der Waals surface area contributed by atoms with Crippen LogP contribution in [0.15, 0.2) is 53.4 Å².